The van der Waals surface area contributed by atoms with E-state index in [4.69, 9.17) is 0 Å². The van der Waals surface area contributed by atoms with Gasteiger partial charge in [-0.25, -0.2) is 4.98 Å². The summed E-state index contributed by atoms with van der Waals surface area (Å²) < 4.78 is 0. The summed E-state index contributed by atoms with van der Waals surface area (Å²) in [6.45, 7) is 4.16. The highest BCUT2D eigenvalue weighted by molar-refractivity contribution is 7.09. The molecule has 0 fully saturated rings. The van der Waals surface area contributed by atoms with Gasteiger partial charge in [0.15, 0.2) is 0 Å². The van der Waals surface area contributed by atoms with Gasteiger partial charge in [0.25, 0.3) is 11.5 Å². The first-order chi connectivity index (χ1) is 12.1. The smallest absolute Gasteiger partial charge is 0.253 e. The molecule has 6 nitrogen and oxygen atoms in total. The van der Waals surface area contributed by atoms with Crippen LogP contribution in [0.1, 0.15) is 33.5 Å². The molecule has 0 atom stereocenters. The number of thiazole rings is 1. The number of carbonyl (C=O) groups is 1. The number of nitrogens with one attached hydrogen (secondary N) is 2. The minimum absolute atomic E-state index is 0.0749. The standard InChI is InChI=1S/C18H18N4O2S/c1-3-12-7-15(11(2)22-18(12)24)13-6-14(9-19-8-13)17(23)21-10-16-20-4-5-25-16/h4-9H,3,10H2,1-2H3,(H,21,23)(H,22,24). The fourth-order valence-electron chi connectivity index (χ4n) is 2.54. The molecule has 0 bridgehead atoms. The second kappa shape index (κ2) is 7.40. The van der Waals surface area contributed by atoms with Crippen molar-refractivity contribution >= 4 is 17.2 Å². The molecular formula is C18H18N4O2S. The lowest BCUT2D eigenvalue weighted by atomic mass is 10.0. The first-order valence-electron chi connectivity index (χ1n) is 7.93. The lowest BCUT2D eigenvalue weighted by Crippen LogP contribution is -2.22. The third-order valence-electron chi connectivity index (χ3n) is 3.89. The topological polar surface area (TPSA) is 87.7 Å². The summed E-state index contributed by atoms with van der Waals surface area (Å²) in [5.41, 5.74) is 3.53. The third kappa shape index (κ3) is 3.83. The SMILES string of the molecule is CCc1cc(-c2cncc(C(=O)NCc3nccs3)c2)c(C)[nH]c1=O. The number of rotatable bonds is 5. The van der Waals surface area contributed by atoms with Gasteiger partial charge < -0.3 is 10.3 Å². The van der Waals surface area contributed by atoms with Gasteiger partial charge in [-0.1, -0.05) is 6.92 Å². The van der Waals surface area contributed by atoms with Crippen LogP contribution in [-0.4, -0.2) is 20.9 Å². The van der Waals surface area contributed by atoms with E-state index in [2.05, 4.69) is 20.3 Å². The Kier molecular flexibility index (Phi) is 5.04. The van der Waals surface area contributed by atoms with Crippen LogP contribution in [0.25, 0.3) is 11.1 Å². The summed E-state index contributed by atoms with van der Waals surface area (Å²) in [5, 5.41) is 5.56. The first kappa shape index (κ1) is 17.0. The van der Waals surface area contributed by atoms with Gasteiger partial charge in [0, 0.05) is 46.4 Å². The maximum atomic E-state index is 12.4. The van der Waals surface area contributed by atoms with E-state index in [0.717, 1.165) is 21.8 Å². The van der Waals surface area contributed by atoms with E-state index >= 15 is 0 Å². The Morgan fingerprint density at radius 3 is 2.88 bits per heavy atom. The average molecular weight is 354 g/mol. The fourth-order valence-corrected chi connectivity index (χ4v) is 3.09. The van der Waals surface area contributed by atoms with Crippen molar-refractivity contribution in [1.82, 2.24) is 20.3 Å². The van der Waals surface area contributed by atoms with Gasteiger partial charge in [0.2, 0.25) is 0 Å². The zero-order valence-corrected chi connectivity index (χ0v) is 14.8. The molecule has 2 N–H and O–H groups in total. The van der Waals surface area contributed by atoms with E-state index in [0.29, 0.717) is 24.1 Å². The van der Waals surface area contributed by atoms with Gasteiger partial charge in [-0.05, 0) is 25.5 Å². The maximum absolute atomic E-state index is 12.4. The molecule has 0 saturated carbocycles. The fraction of sp³-hybridized carbons (Fsp3) is 0.222. The normalized spacial score (nSPS) is 10.6. The van der Waals surface area contributed by atoms with E-state index in [1.165, 1.54) is 17.5 Å². The Bertz CT molecular complexity index is 948. The van der Waals surface area contributed by atoms with E-state index < -0.39 is 0 Å². The summed E-state index contributed by atoms with van der Waals surface area (Å²) in [6.07, 6.45) is 5.57. The predicted octanol–water partition coefficient (Wildman–Crippen LogP) is 2.69. The number of carbonyl (C=O) groups excluding carboxylic acids is 1. The van der Waals surface area contributed by atoms with Gasteiger partial charge >= 0.3 is 0 Å². The number of nitrogens with zero attached hydrogens (tertiary/aromatic N) is 2. The van der Waals surface area contributed by atoms with Crippen LogP contribution in [-0.2, 0) is 13.0 Å². The van der Waals surface area contributed by atoms with Crippen molar-refractivity contribution in [3.8, 4) is 11.1 Å². The molecule has 0 aliphatic heterocycles. The third-order valence-corrected chi connectivity index (χ3v) is 4.67. The molecule has 0 saturated heterocycles. The van der Waals surface area contributed by atoms with Crippen LogP contribution in [0.4, 0.5) is 0 Å². The molecular weight excluding hydrogens is 336 g/mol. The molecule has 1 amide bonds. The number of hydrogen-bond acceptors (Lipinski definition) is 5. The Balaban J connectivity index is 1.86. The molecule has 0 aromatic carbocycles. The van der Waals surface area contributed by atoms with E-state index in [1.807, 2.05) is 25.3 Å². The van der Waals surface area contributed by atoms with E-state index in [1.54, 1.807) is 18.5 Å². The Hall–Kier alpha value is -2.80. The molecule has 3 heterocycles. The summed E-state index contributed by atoms with van der Waals surface area (Å²) >= 11 is 1.49. The molecule has 0 spiro atoms. The number of amides is 1. The number of hydrogen-bond donors (Lipinski definition) is 2. The molecule has 0 radical (unpaired) electrons. The Morgan fingerprint density at radius 2 is 2.16 bits per heavy atom. The van der Waals surface area contributed by atoms with Crippen molar-refractivity contribution in [2.24, 2.45) is 0 Å². The number of aromatic amines is 1. The predicted molar refractivity (Wildman–Crippen MR) is 97.7 cm³/mol. The minimum atomic E-state index is -0.206. The highest BCUT2D eigenvalue weighted by Crippen LogP contribution is 2.22. The second-order valence-electron chi connectivity index (χ2n) is 5.59. The Labute approximate surface area is 149 Å². The number of pyridine rings is 2. The number of aromatic nitrogens is 3. The largest absolute Gasteiger partial charge is 0.345 e. The molecule has 0 aliphatic rings. The average Bonchev–Trinajstić information content (AvgIpc) is 3.13. The van der Waals surface area contributed by atoms with Gasteiger partial charge in [0.05, 0.1) is 12.1 Å². The molecule has 25 heavy (non-hydrogen) atoms. The van der Waals surface area contributed by atoms with Crippen LogP contribution in [0.5, 0.6) is 0 Å². The van der Waals surface area contributed by atoms with Crippen LogP contribution < -0.4 is 10.9 Å². The molecule has 3 rings (SSSR count). The van der Waals surface area contributed by atoms with Crippen LogP contribution in [0, 0.1) is 6.92 Å². The van der Waals surface area contributed by atoms with Crippen LogP contribution in [0.2, 0.25) is 0 Å². The van der Waals surface area contributed by atoms with Gasteiger partial charge in [0.1, 0.15) is 5.01 Å². The molecule has 0 aliphatic carbocycles. The van der Waals surface area contributed by atoms with Crippen molar-refractivity contribution in [1.29, 1.82) is 0 Å². The van der Waals surface area contributed by atoms with Crippen LogP contribution in [0.15, 0.2) is 40.9 Å². The highest BCUT2D eigenvalue weighted by atomic mass is 32.1. The molecule has 3 aromatic heterocycles. The lowest BCUT2D eigenvalue weighted by molar-refractivity contribution is 0.0950. The van der Waals surface area contributed by atoms with Crippen molar-refractivity contribution in [2.75, 3.05) is 0 Å². The van der Waals surface area contributed by atoms with Gasteiger partial charge in [-0.3, -0.25) is 14.6 Å². The summed E-state index contributed by atoms with van der Waals surface area (Å²) in [5.74, 6) is -0.206. The molecule has 128 valence electrons. The van der Waals surface area contributed by atoms with Crippen molar-refractivity contribution in [2.45, 2.75) is 26.8 Å². The number of H-pyrrole nitrogens is 1. The summed E-state index contributed by atoms with van der Waals surface area (Å²) in [7, 11) is 0. The zero-order chi connectivity index (χ0) is 17.8. The van der Waals surface area contributed by atoms with Gasteiger partial charge in [-0.2, -0.15) is 0 Å². The maximum Gasteiger partial charge on any atom is 0.253 e. The molecule has 3 aromatic rings. The second-order valence-corrected chi connectivity index (χ2v) is 6.57. The highest BCUT2D eigenvalue weighted by Gasteiger charge is 2.11. The first-order valence-corrected chi connectivity index (χ1v) is 8.81. The van der Waals surface area contributed by atoms with Crippen molar-refractivity contribution in [3.05, 3.63) is 68.3 Å². The molecule has 7 heteroatoms. The van der Waals surface area contributed by atoms with Crippen LogP contribution >= 0.6 is 11.3 Å². The van der Waals surface area contributed by atoms with E-state index in [-0.39, 0.29) is 11.5 Å². The number of aryl methyl sites for hydroxylation is 2. The quantitative estimate of drug-likeness (QED) is 0.737. The van der Waals surface area contributed by atoms with Gasteiger partial charge in [-0.15, -0.1) is 11.3 Å². The summed E-state index contributed by atoms with van der Waals surface area (Å²) in [4.78, 5) is 35.4. The Morgan fingerprint density at radius 1 is 1.32 bits per heavy atom. The van der Waals surface area contributed by atoms with E-state index in [9.17, 15) is 9.59 Å². The minimum Gasteiger partial charge on any atom is -0.345 e. The lowest BCUT2D eigenvalue weighted by Gasteiger charge is -2.09. The van der Waals surface area contributed by atoms with Crippen molar-refractivity contribution < 1.29 is 4.79 Å². The zero-order valence-electron chi connectivity index (χ0n) is 14.0. The monoisotopic (exact) mass is 354 g/mol. The molecule has 0 unspecified atom stereocenters. The van der Waals surface area contributed by atoms with Crippen LogP contribution in [0.3, 0.4) is 0 Å². The summed E-state index contributed by atoms with van der Waals surface area (Å²) in [6, 6.07) is 3.65. The van der Waals surface area contributed by atoms with Crippen molar-refractivity contribution in [3.63, 3.8) is 0 Å².